The SMILES string of the molecule is CC1SC2=NCN(c3cccc4ccccc34)CN2C1=O. The lowest BCUT2D eigenvalue weighted by Crippen LogP contribution is -2.45. The van der Waals surface area contributed by atoms with E-state index in [0.29, 0.717) is 13.3 Å². The second-order valence-corrected chi connectivity index (χ2v) is 6.60. The lowest BCUT2D eigenvalue weighted by Gasteiger charge is -2.32. The Morgan fingerprint density at radius 3 is 2.90 bits per heavy atom. The van der Waals surface area contributed by atoms with E-state index in [1.807, 2.05) is 19.1 Å². The van der Waals surface area contributed by atoms with E-state index in [4.69, 9.17) is 0 Å². The topological polar surface area (TPSA) is 35.9 Å². The van der Waals surface area contributed by atoms with Gasteiger partial charge >= 0.3 is 0 Å². The van der Waals surface area contributed by atoms with Crippen LogP contribution in [-0.2, 0) is 4.79 Å². The molecule has 1 atom stereocenters. The van der Waals surface area contributed by atoms with Crippen molar-refractivity contribution in [2.75, 3.05) is 18.2 Å². The third-order valence-corrected chi connectivity index (χ3v) is 5.04. The van der Waals surface area contributed by atoms with Crippen LogP contribution in [0.25, 0.3) is 10.8 Å². The molecular weight excluding hydrogens is 282 g/mol. The number of amidine groups is 1. The number of amides is 1. The Balaban J connectivity index is 1.73. The van der Waals surface area contributed by atoms with E-state index in [-0.39, 0.29) is 11.2 Å². The van der Waals surface area contributed by atoms with Gasteiger partial charge in [-0.2, -0.15) is 0 Å². The molecule has 1 fully saturated rings. The van der Waals surface area contributed by atoms with Gasteiger partial charge in [0.05, 0.1) is 5.25 Å². The summed E-state index contributed by atoms with van der Waals surface area (Å²) in [4.78, 5) is 20.7. The minimum absolute atomic E-state index is 0.0174. The minimum atomic E-state index is -0.0174. The van der Waals surface area contributed by atoms with E-state index in [1.54, 1.807) is 16.7 Å². The highest BCUT2D eigenvalue weighted by Crippen LogP contribution is 2.33. The maximum atomic E-state index is 12.2. The van der Waals surface area contributed by atoms with Crippen molar-refractivity contribution < 1.29 is 4.79 Å². The van der Waals surface area contributed by atoms with Gasteiger partial charge in [-0.1, -0.05) is 48.2 Å². The molecule has 1 amide bonds. The molecule has 0 aliphatic carbocycles. The molecule has 4 rings (SSSR count). The third kappa shape index (κ3) is 2.00. The number of anilines is 1. The van der Waals surface area contributed by atoms with Crippen molar-refractivity contribution in [3.05, 3.63) is 42.5 Å². The normalized spacial score (nSPS) is 21.7. The molecule has 1 saturated heterocycles. The number of benzene rings is 2. The van der Waals surface area contributed by atoms with Crippen LogP contribution in [0, 0.1) is 0 Å². The predicted molar refractivity (Wildman–Crippen MR) is 87.5 cm³/mol. The number of aliphatic imine (C=N–C) groups is 1. The molecule has 0 bridgehead atoms. The second kappa shape index (κ2) is 4.77. The smallest absolute Gasteiger partial charge is 0.243 e. The van der Waals surface area contributed by atoms with E-state index in [0.717, 1.165) is 10.9 Å². The monoisotopic (exact) mass is 297 g/mol. The Morgan fingerprint density at radius 2 is 2.00 bits per heavy atom. The minimum Gasteiger partial charge on any atom is -0.333 e. The molecule has 2 aromatic rings. The maximum absolute atomic E-state index is 12.2. The van der Waals surface area contributed by atoms with Crippen LogP contribution in [0.5, 0.6) is 0 Å². The number of hydrogen-bond acceptors (Lipinski definition) is 4. The second-order valence-electron chi connectivity index (χ2n) is 5.29. The Hall–Kier alpha value is -2.01. The lowest BCUT2D eigenvalue weighted by atomic mass is 10.1. The summed E-state index contributed by atoms with van der Waals surface area (Å²) in [5, 5.41) is 3.26. The van der Waals surface area contributed by atoms with Gasteiger partial charge < -0.3 is 4.90 Å². The summed E-state index contributed by atoms with van der Waals surface area (Å²) in [5.41, 5.74) is 1.13. The summed E-state index contributed by atoms with van der Waals surface area (Å²) in [6.45, 7) is 3.13. The number of nitrogens with zero attached hydrogens (tertiary/aromatic N) is 3. The molecule has 0 spiro atoms. The zero-order chi connectivity index (χ0) is 14.4. The highest BCUT2D eigenvalue weighted by atomic mass is 32.2. The molecular formula is C16H15N3OS. The van der Waals surface area contributed by atoms with Crippen molar-refractivity contribution >= 4 is 39.3 Å². The molecule has 1 unspecified atom stereocenters. The third-order valence-electron chi connectivity index (χ3n) is 3.92. The van der Waals surface area contributed by atoms with Gasteiger partial charge in [-0.25, -0.2) is 4.99 Å². The predicted octanol–water partition coefficient (Wildman–Crippen LogP) is 2.89. The molecule has 0 saturated carbocycles. The van der Waals surface area contributed by atoms with Crippen LogP contribution in [0.1, 0.15) is 6.92 Å². The van der Waals surface area contributed by atoms with Crippen LogP contribution in [0.3, 0.4) is 0 Å². The summed E-state index contributed by atoms with van der Waals surface area (Å²) in [6, 6.07) is 14.6. The van der Waals surface area contributed by atoms with Crippen LogP contribution in [-0.4, -0.2) is 34.6 Å². The van der Waals surface area contributed by atoms with E-state index < -0.39 is 0 Å². The molecule has 106 valence electrons. The lowest BCUT2D eigenvalue weighted by molar-refractivity contribution is -0.126. The summed E-state index contributed by atoms with van der Waals surface area (Å²) in [7, 11) is 0. The molecule has 4 nitrogen and oxygen atoms in total. The Morgan fingerprint density at radius 1 is 1.19 bits per heavy atom. The number of hydrogen-bond donors (Lipinski definition) is 0. The Bertz CT molecular complexity index is 753. The van der Waals surface area contributed by atoms with Crippen LogP contribution in [0.4, 0.5) is 5.69 Å². The fourth-order valence-corrected chi connectivity index (χ4v) is 3.79. The van der Waals surface area contributed by atoms with E-state index in [9.17, 15) is 4.79 Å². The maximum Gasteiger partial charge on any atom is 0.243 e. The molecule has 0 N–H and O–H groups in total. The van der Waals surface area contributed by atoms with E-state index in [1.165, 1.54) is 10.8 Å². The van der Waals surface area contributed by atoms with Gasteiger partial charge in [0.25, 0.3) is 0 Å². The summed E-state index contributed by atoms with van der Waals surface area (Å²) >= 11 is 1.56. The average molecular weight is 297 g/mol. The van der Waals surface area contributed by atoms with Crippen LogP contribution in [0.15, 0.2) is 47.5 Å². The van der Waals surface area contributed by atoms with Crippen molar-refractivity contribution in [1.29, 1.82) is 0 Å². The largest absolute Gasteiger partial charge is 0.333 e. The van der Waals surface area contributed by atoms with Crippen molar-refractivity contribution in [3.8, 4) is 0 Å². The molecule has 21 heavy (non-hydrogen) atoms. The van der Waals surface area contributed by atoms with Crippen molar-refractivity contribution in [1.82, 2.24) is 4.90 Å². The Labute approximate surface area is 127 Å². The molecule has 2 aliphatic heterocycles. The number of fused-ring (bicyclic) bond motifs is 2. The first-order chi connectivity index (χ1) is 10.2. The van der Waals surface area contributed by atoms with Gasteiger partial charge in [-0.15, -0.1) is 0 Å². The van der Waals surface area contributed by atoms with Gasteiger partial charge in [0.1, 0.15) is 13.3 Å². The molecule has 2 aliphatic rings. The van der Waals surface area contributed by atoms with E-state index in [2.05, 4.69) is 40.2 Å². The molecule has 5 heteroatoms. The first-order valence-corrected chi connectivity index (χ1v) is 7.87. The van der Waals surface area contributed by atoms with Gasteiger partial charge in [-0.3, -0.25) is 9.69 Å². The van der Waals surface area contributed by atoms with Crippen LogP contribution >= 0.6 is 11.8 Å². The first-order valence-electron chi connectivity index (χ1n) is 6.99. The molecule has 0 aromatic heterocycles. The van der Waals surface area contributed by atoms with Gasteiger partial charge in [0.15, 0.2) is 5.17 Å². The fraction of sp³-hybridized carbons (Fsp3) is 0.250. The molecule has 0 radical (unpaired) electrons. The van der Waals surface area contributed by atoms with Gasteiger partial charge in [-0.05, 0) is 18.4 Å². The zero-order valence-electron chi connectivity index (χ0n) is 11.7. The van der Waals surface area contributed by atoms with Gasteiger partial charge in [0, 0.05) is 11.1 Å². The summed E-state index contributed by atoms with van der Waals surface area (Å²) < 4.78 is 0. The van der Waals surface area contributed by atoms with E-state index >= 15 is 0 Å². The van der Waals surface area contributed by atoms with Crippen molar-refractivity contribution in [2.24, 2.45) is 4.99 Å². The Kier molecular flexibility index (Phi) is 2.89. The number of rotatable bonds is 1. The average Bonchev–Trinajstić information content (AvgIpc) is 2.81. The van der Waals surface area contributed by atoms with Crippen molar-refractivity contribution in [2.45, 2.75) is 12.2 Å². The van der Waals surface area contributed by atoms with Crippen LogP contribution < -0.4 is 4.90 Å². The number of carbonyl (C=O) groups excluding carboxylic acids is 1. The fourth-order valence-electron chi connectivity index (χ4n) is 2.84. The number of carbonyl (C=O) groups is 1. The summed E-state index contributed by atoms with van der Waals surface area (Å²) in [6.07, 6.45) is 0. The highest BCUT2D eigenvalue weighted by Gasteiger charge is 2.38. The molecule has 2 aromatic carbocycles. The summed E-state index contributed by atoms with van der Waals surface area (Å²) in [5.74, 6) is 0.156. The zero-order valence-corrected chi connectivity index (χ0v) is 12.5. The number of thioether (sulfide) groups is 1. The van der Waals surface area contributed by atoms with Crippen molar-refractivity contribution in [3.63, 3.8) is 0 Å². The van der Waals surface area contributed by atoms with Crippen LogP contribution in [0.2, 0.25) is 0 Å². The quantitative estimate of drug-likeness (QED) is 0.812. The van der Waals surface area contributed by atoms with Gasteiger partial charge in [0.2, 0.25) is 5.91 Å². The first kappa shape index (κ1) is 12.7. The standard InChI is InChI=1S/C16H15N3OS/c1-11-15(20)19-10-18(9-17-16(19)21-11)14-8-4-6-12-5-2-3-7-13(12)14/h2-8,11H,9-10H2,1H3. The highest BCUT2D eigenvalue weighted by molar-refractivity contribution is 8.15. The molecule has 2 heterocycles.